The van der Waals surface area contributed by atoms with Crippen molar-refractivity contribution in [1.82, 2.24) is 0 Å². The van der Waals surface area contributed by atoms with Crippen molar-refractivity contribution < 1.29 is 28.9 Å². The van der Waals surface area contributed by atoms with Gasteiger partial charge in [0, 0.05) is 19.2 Å². The number of carbonyl (C=O) groups is 2. The summed E-state index contributed by atoms with van der Waals surface area (Å²) < 4.78 is 17.5. The summed E-state index contributed by atoms with van der Waals surface area (Å²) in [5.41, 5.74) is 0.803. The first-order chi connectivity index (χ1) is 14.2. The molecule has 2 aliphatic rings. The predicted molar refractivity (Wildman–Crippen MR) is 115 cm³/mol. The van der Waals surface area contributed by atoms with Crippen LogP contribution in [0.1, 0.15) is 52.0 Å². The van der Waals surface area contributed by atoms with Gasteiger partial charge in [0.05, 0.1) is 16.8 Å². The van der Waals surface area contributed by atoms with E-state index in [-0.39, 0.29) is 31.1 Å². The Morgan fingerprint density at radius 3 is 2.73 bits per heavy atom. The van der Waals surface area contributed by atoms with Crippen molar-refractivity contribution >= 4 is 33.5 Å². The second kappa shape index (κ2) is 9.66. The number of hydrogen-bond donors (Lipinski definition) is 1. The Morgan fingerprint density at radius 2 is 2.07 bits per heavy atom. The lowest BCUT2D eigenvalue weighted by Crippen LogP contribution is -2.43. The van der Waals surface area contributed by atoms with Gasteiger partial charge in [-0.1, -0.05) is 0 Å². The average Bonchev–Trinajstić information content (AvgIpc) is 2.79. The monoisotopic (exact) mass is 483 g/mol. The molecule has 0 bridgehead atoms. The van der Waals surface area contributed by atoms with Crippen LogP contribution in [-0.2, 0) is 30.2 Å². The third kappa shape index (κ3) is 5.74. The summed E-state index contributed by atoms with van der Waals surface area (Å²) in [6.07, 6.45) is 3.52. The maximum Gasteiger partial charge on any atom is 0.319 e. The first-order valence-electron chi connectivity index (χ1n) is 10.4. The number of amides is 1. The fourth-order valence-electron chi connectivity index (χ4n) is 3.71. The van der Waals surface area contributed by atoms with Crippen molar-refractivity contribution in [1.29, 1.82) is 0 Å². The summed E-state index contributed by atoms with van der Waals surface area (Å²) >= 11 is 3.34. The van der Waals surface area contributed by atoms with E-state index in [1.807, 2.05) is 0 Å². The molecule has 0 aromatic heterocycles. The Balaban J connectivity index is 1.81. The Morgan fingerprint density at radius 1 is 1.30 bits per heavy atom. The van der Waals surface area contributed by atoms with Gasteiger partial charge in [-0.3, -0.25) is 9.59 Å². The minimum absolute atomic E-state index is 0.0406. The highest BCUT2D eigenvalue weighted by Gasteiger charge is 2.38. The molecule has 2 aliphatic heterocycles. The Kier molecular flexibility index (Phi) is 7.42. The minimum Gasteiger partial charge on any atom is -0.507 e. The quantitative estimate of drug-likeness (QED) is 0.504. The van der Waals surface area contributed by atoms with E-state index in [2.05, 4.69) is 15.9 Å². The van der Waals surface area contributed by atoms with E-state index in [1.54, 1.807) is 32.9 Å². The third-order valence-electron chi connectivity index (χ3n) is 5.15. The topological polar surface area (TPSA) is 85.3 Å². The van der Waals surface area contributed by atoms with Gasteiger partial charge in [-0.05, 0) is 80.4 Å². The lowest BCUT2D eigenvalue weighted by Gasteiger charge is -2.29. The first-order valence-corrected chi connectivity index (χ1v) is 11.2. The molecule has 0 spiro atoms. The SMILES string of the molecule is CC(C)(C)OC(=O)C1CCc2cc(Br)c(O)cc2N(CCOC2CCCCO2)C1=O. The number of carbonyl (C=O) groups excluding carboxylic acids is 2. The van der Waals surface area contributed by atoms with Crippen LogP contribution >= 0.6 is 15.9 Å². The number of aromatic hydroxyl groups is 1. The number of hydrogen-bond acceptors (Lipinski definition) is 6. The molecule has 2 heterocycles. The summed E-state index contributed by atoms with van der Waals surface area (Å²) in [6.45, 7) is 6.56. The zero-order valence-electron chi connectivity index (χ0n) is 17.8. The molecule has 1 fully saturated rings. The fraction of sp³-hybridized carbons (Fsp3) is 0.636. The highest BCUT2D eigenvalue weighted by Crippen LogP contribution is 2.37. The van der Waals surface area contributed by atoms with Crippen molar-refractivity contribution in [2.75, 3.05) is 24.7 Å². The highest BCUT2D eigenvalue weighted by atomic mass is 79.9. The third-order valence-corrected chi connectivity index (χ3v) is 5.79. The van der Waals surface area contributed by atoms with Gasteiger partial charge in [0.1, 0.15) is 17.3 Å². The number of esters is 1. The molecule has 1 N–H and O–H groups in total. The molecular weight excluding hydrogens is 454 g/mol. The van der Waals surface area contributed by atoms with Crippen LogP contribution < -0.4 is 4.90 Å². The minimum atomic E-state index is -0.900. The summed E-state index contributed by atoms with van der Waals surface area (Å²) in [5.74, 6) is -1.72. The van der Waals surface area contributed by atoms with Crippen LogP contribution in [0.5, 0.6) is 5.75 Å². The van der Waals surface area contributed by atoms with Gasteiger partial charge in [-0.2, -0.15) is 0 Å². The van der Waals surface area contributed by atoms with Crippen LogP contribution in [0.15, 0.2) is 16.6 Å². The number of nitrogens with zero attached hydrogens (tertiary/aromatic N) is 1. The van der Waals surface area contributed by atoms with Crippen LogP contribution in [0.2, 0.25) is 0 Å². The molecule has 1 amide bonds. The Labute approximate surface area is 185 Å². The molecule has 2 unspecified atom stereocenters. The van der Waals surface area contributed by atoms with E-state index >= 15 is 0 Å². The van der Waals surface area contributed by atoms with E-state index in [1.165, 1.54) is 4.90 Å². The molecule has 30 heavy (non-hydrogen) atoms. The number of rotatable bonds is 5. The number of benzene rings is 1. The lowest BCUT2D eigenvalue weighted by atomic mass is 10.00. The van der Waals surface area contributed by atoms with Gasteiger partial charge in [0.25, 0.3) is 0 Å². The molecule has 8 heteroatoms. The van der Waals surface area contributed by atoms with Crippen LogP contribution in [-0.4, -0.2) is 48.6 Å². The van der Waals surface area contributed by atoms with Gasteiger partial charge in [-0.25, -0.2) is 0 Å². The van der Waals surface area contributed by atoms with E-state index in [0.717, 1.165) is 24.8 Å². The number of phenolic OH excluding ortho intramolecular Hbond substituents is 1. The first kappa shape index (κ1) is 23.0. The molecule has 166 valence electrons. The maximum absolute atomic E-state index is 13.4. The second-order valence-corrected chi connectivity index (χ2v) is 9.57. The van der Waals surface area contributed by atoms with Gasteiger partial charge >= 0.3 is 5.97 Å². The van der Waals surface area contributed by atoms with Gasteiger partial charge in [0.2, 0.25) is 5.91 Å². The number of fused-ring (bicyclic) bond motifs is 1. The van der Waals surface area contributed by atoms with Crippen LogP contribution in [0, 0.1) is 5.92 Å². The van der Waals surface area contributed by atoms with E-state index in [9.17, 15) is 14.7 Å². The zero-order valence-corrected chi connectivity index (χ0v) is 19.4. The standard InChI is InChI=1S/C22H30BrNO6/c1-22(2,3)30-21(27)15-8-7-14-12-16(23)18(25)13-17(14)24(20(15)26)9-11-29-19-6-4-5-10-28-19/h12-13,15,19,25H,4-11H2,1-3H3. The number of phenols is 1. The van der Waals surface area contributed by atoms with Crippen LogP contribution in [0.4, 0.5) is 5.69 Å². The number of aryl methyl sites for hydroxylation is 1. The van der Waals surface area contributed by atoms with Crippen molar-refractivity contribution in [2.45, 2.75) is 64.8 Å². The van der Waals surface area contributed by atoms with E-state index < -0.39 is 17.5 Å². The molecule has 1 aromatic rings. The van der Waals surface area contributed by atoms with Crippen molar-refractivity contribution in [3.05, 3.63) is 22.2 Å². The largest absolute Gasteiger partial charge is 0.507 e. The fourth-order valence-corrected chi connectivity index (χ4v) is 4.10. The molecule has 2 atom stereocenters. The van der Waals surface area contributed by atoms with Crippen LogP contribution in [0.25, 0.3) is 0 Å². The molecule has 0 saturated carbocycles. The summed E-state index contributed by atoms with van der Waals surface area (Å²) in [7, 11) is 0. The van der Waals surface area contributed by atoms with Crippen molar-refractivity contribution in [3.63, 3.8) is 0 Å². The molecular formula is C22H30BrNO6. The highest BCUT2D eigenvalue weighted by molar-refractivity contribution is 9.10. The number of ether oxygens (including phenoxy) is 3. The summed E-state index contributed by atoms with van der Waals surface area (Å²) in [5, 5.41) is 10.2. The average molecular weight is 484 g/mol. The van der Waals surface area contributed by atoms with E-state index in [4.69, 9.17) is 14.2 Å². The van der Waals surface area contributed by atoms with Gasteiger partial charge < -0.3 is 24.2 Å². The van der Waals surface area contributed by atoms with Crippen LogP contribution in [0.3, 0.4) is 0 Å². The summed E-state index contributed by atoms with van der Waals surface area (Å²) in [6, 6.07) is 3.36. The molecule has 0 aliphatic carbocycles. The number of halogens is 1. The predicted octanol–water partition coefficient (Wildman–Crippen LogP) is 3.94. The van der Waals surface area contributed by atoms with Gasteiger partial charge in [0.15, 0.2) is 6.29 Å². The molecule has 3 rings (SSSR count). The Hall–Kier alpha value is -1.64. The van der Waals surface area contributed by atoms with Crippen molar-refractivity contribution in [3.8, 4) is 5.75 Å². The molecule has 1 aromatic carbocycles. The summed E-state index contributed by atoms with van der Waals surface area (Å²) in [4.78, 5) is 27.6. The molecule has 7 nitrogen and oxygen atoms in total. The molecule has 1 saturated heterocycles. The zero-order chi connectivity index (χ0) is 21.9. The maximum atomic E-state index is 13.4. The molecule has 0 radical (unpaired) electrons. The normalized spacial score (nSPS) is 22.4. The number of anilines is 1. The smallest absolute Gasteiger partial charge is 0.319 e. The van der Waals surface area contributed by atoms with Gasteiger partial charge in [-0.15, -0.1) is 0 Å². The van der Waals surface area contributed by atoms with E-state index in [0.29, 0.717) is 29.6 Å². The second-order valence-electron chi connectivity index (χ2n) is 8.71. The van der Waals surface area contributed by atoms with Crippen molar-refractivity contribution in [2.24, 2.45) is 5.92 Å². The Bertz CT molecular complexity index is 785. The lowest BCUT2D eigenvalue weighted by molar-refractivity contribution is -0.164.